The maximum absolute atomic E-state index is 13.6. The van der Waals surface area contributed by atoms with Gasteiger partial charge in [-0.15, -0.1) is 0 Å². The minimum Gasteiger partial charge on any atom is -0.383 e. The summed E-state index contributed by atoms with van der Waals surface area (Å²) in [5, 5.41) is 3.34. The van der Waals surface area contributed by atoms with Crippen LogP contribution in [0.25, 0.3) is 6.08 Å². The van der Waals surface area contributed by atoms with Crippen molar-refractivity contribution in [3.8, 4) is 0 Å². The second-order valence-corrected chi connectivity index (χ2v) is 4.21. The highest BCUT2D eigenvalue weighted by atomic mass is 35.5. The van der Waals surface area contributed by atoms with Crippen molar-refractivity contribution in [1.29, 1.82) is 0 Å². The molecule has 0 saturated carbocycles. The first kappa shape index (κ1) is 14.2. The van der Waals surface area contributed by atoms with Crippen molar-refractivity contribution in [3.63, 3.8) is 0 Å². The Bertz CT molecular complexity index is 393. The summed E-state index contributed by atoms with van der Waals surface area (Å²) in [6.45, 7) is 4.09. The van der Waals surface area contributed by atoms with Gasteiger partial charge in [0, 0.05) is 25.8 Å². The Hall–Kier alpha value is -0.900. The highest BCUT2D eigenvalue weighted by Gasteiger charge is 2.03. The lowest BCUT2D eigenvalue weighted by atomic mass is 10.1. The van der Waals surface area contributed by atoms with E-state index < -0.39 is 0 Å². The number of ether oxygens (including phenoxy) is 1. The second-order valence-electron chi connectivity index (χ2n) is 3.80. The van der Waals surface area contributed by atoms with Crippen molar-refractivity contribution in [2.45, 2.75) is 6.92 Å². The maximum atomic E-state index is 13.6. The van der Waals surface area contributed by atoms with Crippen molar-refractivity contribution in [3.05, 3.63) is 40.2 Å². The fourth-order valence-electron chi connectivity index (χ4n) is 1.41. The van der Waals surface area contributed by atoms with Crippen LogP contribution in [0.3, 0.4) is 0 Å². The molecule has 0 unspecified atom stereocenters. The molecule has 0 fully saturated rings. The Kier molecular flexibility index (Phi) is 6.19. The normalized spacial score (nSPS) is 11.9. The molecule has 1 N–H and O–H groups in total. The minimum atomic E-state index is -0.370. The fourth-order valence-corrected chi connectivity index (χ4v) is 1.59. The highest BCUT2D eigenvalue weighted by Crippen LogP contribution is 2.19. The molecule has 0 bridgehead atoms. The Labute approximate surface area is 106 Å². The average Bonchev–Trinajstić information content (AvgIpc) is 2.31. The minimum absolute atomic E-state index is 0.152. The van der Waals surface area contributed by atoms with Gasteiger partial charge in [-0.25, -0.2) is 4.39 Å². The first-order valence-electron chi connectivity index (χ1n) is 5.46. The lowest BCUT2D eigenvalue weighted by Gasteiger charge is -2.05. The smallest absolute Gasteiger partial charge is 0.148 e. The molecule has 0 amide bonds. The van der Waals surface area contributed by atoms with Gasteiger partial charge >= 0.3 is 0 Å². The molecule has 0 spiro atoms. The monoisotopic (exact) mass is 257 g/mol. The van der Waals surface area contributed by atoms with Crippen LogP contribution >= 0.6 is 11.6 Å². The third kappa shape index (κ3) is 4.86. The van der Waals surface area contributed by atoms with Crippen molar-refractivity contribution in [2.75, 3.05) is 26.8 Å². The Balaban J connectivity index is 2.58. The molecule has 94 valence electrons. The molecule has 1 aromatic rings. The molecule has 0 aromatic heterocycles. The summed E-state index contributed by atoms with van der Waals surface area (Å²) in [5.74, 6) is -0.370. The molecule has 0 heterocycles. The highest BCUT2D eigenvalue weighted by molar-refractivity contribution is 6.30. The molecule has 0 aliphatic carbocycles. The topological polar surface area (TPSA) is 21.3 Å². The van der Waals surface area contributed by atoms with E-state index in [1.165, 1.54) is 0 Å². The van der Waals surface area contributed by atoms with Crippen LogP contribution in [0.5, 0.6) is 0 Å². The molecule has 0 aliphatic heterocycles. The second kappa shape index (κ2) is 7.43. The molecule has 2 nitrogen and oxygen atoms in total. The number of hydrogen-bond donors (Lipinski definition) is 1. The zero-order chi connectivity index (χ0) is 12.7. The average molecular weight is 258 g/mol. The van der Waals surface area contributed by atoms with E-state index in [1.54, 1.807) is 31.4 Å². The van der Waals surface area contributed by atoms with Crippen LogP contribution < -0.4 is 5.32 Å². The summed E-state index contributed by atoms with van der Waals surface area (Å²) < 4.78 is 18.5. The van der Waals surface area contributed by atoms with Gasteiger partial charge < -0.3 is 10.1 Å². The summed E-state index contributed by atoms with van der Waals surface area (Å²) in [6.07, 6.45) is 1.79. The number of methoxy groups -OCH3 is 1. The zero-order valence-corrected chi connectivity index (χ0v) is 10.9. The number of rotatable bonds is 6. The van der Waals surface area contributed by atoms with Crippen LogP contribution in [0.2, 0.25) is 5.02 Å². The fraction of sp³-hybridized carbons (Fsp3) is 0.385. The van der Waals surface area contributed by atoms with E-state index in [1.807, 2.05) is 6.92 Å². The lowest BCUT2D eigenvalue weighted by molar-refractivity contribution is 0.200. The predicted octanol–water partition coefficient (Wildman–Crippen LogP) is 3.12. The van der Waals surface area contributed by atoms with Crippen LogP contribution in [0, 0.1) is 5.82 Å². The van der Waals surface area contributed by atoms with E-state index in [0.29, 0.717) is 18.7 Å². The van der Waals surface area contributed by atoms with Crippen LogP contribution in [-0.2, 0) is 4.74 Å². The van der Waals surface area contributed by atoms with Crippen molar-refractivity contribution < 1.29 is 9.13 Å². The molecule has 1 rings (SSSR count). The van der Waals surface area contributed by atoms with E-state index in [9.17, 15) is 4.39 Å². The van der Waals surface area contributed by atoms with Crippen LogP contribution in [0.1, 0.15) is 12.5 Å². The van der Waals surface area contributed by atoms with Gasteiger partial charge in [-0.2, -0.15) is 0 Å². The third-order valence-corrected chi connectivity index (χ3v) is 2.56. The van der Waals surface area contributed by atoms with Crippen molar-refractivity contribution >= 4 is 17.7 Å². The molecule has 1 aromatic carbocycles. The van der Waals surface area contributed by atoms with Gasteiger partial charge in [-0.1, -0.05) is 35.4 Å². The number of hydrogen-bond acceptors (Lipinski definition) is 2. The lowest BCUT2D eigenvalue weighted by Crippen LogP contribution is -2.20. The van der Waals surface area contributed by atoms with Gasteiger partial charge in [0.25, 0.3) is 0 Å². The number of benzene rings is 1. The number of halogens is 2. The quantitative estimate of drug-likeness (QED) is 0.791. The molecule has 0 radical (unpaired) electrons. The van der Waals surface area contributed by atoms with E-state index in [2.05, 4.69) is 5.32 Å². The largest absolute Gasteiger partial charge is 0.383 e. The van der Waals surface area contributed by atoms with Crippen molar-refractivity contribution in [1.82, 2.24) is 5.32 Å². The van der Waals surface area contributed by atoms with E-state index >= 15 is 0 Å². The van der Waals surface area contributed by atoms with Crippen LogP contribution in [0.4, 0.5) is 4.39 Å². The zero-order valence-electron chi connectivity index (χ0n) is 10.1. The summed E-state index contributed by atoms with van der Waals surface area (Å²) in [6, 6.07) is 4.99. The SMILES string of the molecule is COCCNC/C(C)=C/c1cccc(Cl)c1F. The molecular weight excluding hydrogens is 241 g/mol. The Morgan fingerprint density at radius 1 is 1.53 bits per heavy atom. The standard InChI is InChI=1S/C13H17ClFNO/c1-10(9-16-6-7-17-2)8-11-4-3-5-12(14)13(11)15/h3-5,8,16H,6-7,9H2,1-2H3/b10-8+. The van der Waals surface area contributed by atoms with E-state index in [-0.39, 0.29) is 10.8 Å². The molecular formula is C13H17ClFNO. The summed E-state index contributed by atoms with van der Waals surface area (Å²) >= 11 is 5.71. The Morgan fingerprint density at radius 3 is 3.00 bits per heavy atom. The molecule has 0 atom stereocenters. The van der Waals surface area contributed by atoms with E-state index in [0.717, 1.165) is 12.1 Å². The van der Waals surface area contributed by atoms with Crippen LogP contribution in [-0.4, -0.2) is 26.8 Å². The van der Waals surface area contributed by atoms with Gasteiger partial charge in [0.2, 0.25) is 0 Å². The first-order chi connectivity index (χ1) is 8.15. The van der Waals surface area contributed by atoms with Gasteiger partial charge in [0.05, 0.1) is 11.6 Å². The van der Waals surface area contributed by atoms with Gasteiger partial charge in [-0.05, 0) is 13.0 Å². The van der Waals surface area contributed by atoms with Crippen LogP contribution in [0.15, 0.2) is 23.8 Å². The number of nitrogens with one attached hydrogen (secondary N) is 1. The molecule has 17 heavy (non-hydrogen) atoms. The summed E-state index contributed by atoms with van der Waals surface area (Å²) in [7, 11) is 1.66. The van der Waals surface area contributed by atoms with E-state index in [4.69, 9.17) is 16.3 Å². The van der Waals surface area contributed by atoms with Crippen molar-refractivity contribution in [2.24, 2.45) is 0 Å². The predicted molar refractivity (Wildman–Crippen MR) is 69.8 cm³/mol. The van der Waals surface area contributed by atoms with Gasteiger partial charge in [0.1, 0.15) is 5.82 Å². The summed E-state index contributed by atoms with van der Waals surface area (Å²) in [4.78, 5) is 0. The summed E-state index contributed by atoms with van der Waals surface area (Å²) in [5.41, 5.74) is 1.56. The molecule has 4 heteroatoms. The maximum Gasteiger partial charge on any atom is 0.148 e. The Morgan fingerprint density at radius 2 is 2.29 bits per heavy atom. The third-order valence-electron chi connectivity index (χ3n) is 2.27. The van der Waals surface area contributed by atoms with Gasteiger partial charge in [-0.3, -0.25) is 0 Å². The molecule has 0 saturated heterocycles. The van der Waals surface area contributed by atoms with Gasteiger partial charge in [0.15, 0.2) is 0 Å². The molecule has 0 aliphatic rings. The first-order valence-corrected chi connectivity index (χ1v) is 5.83.